The summed E-state index contributed by atoms with van der Waals surface area (Å²) >= 11 is 6.11. The molecule has 0 unspecified atom stereocenters. The molecule has 0 fully saturated rings. The zero-order valence-electron chi connectivity index (χ0n) is 17.9. The third kappa shape index (κ3) is 5.51. The maximum atomic E-state index is 12.5. The minimum absolute atomic E-state index is 0.159. The summed E-state index contributed by atoms with van der Waals surface area (Å²) < 4.78 is 15.5. The van der Waals surface area contributed by atoms with Crippen molar-refractivity contribution < 1.29 is 23.6 Å². The van der Waals surface area contributed by atoms with Gasteiger partial charge in [-0.3, -0.25) is 14.1 Å². The maximum Gasteiger partial charge on any atom is 0.418 e. The average molecular weight is 479 g/mol. The minimum Gasteiger partial charge on any atom is -0.495 e. The third-order valence-electron chi connectivity index (χ3n) is 4.63. The van der Waals surface area contributed by atoms with Gasteiger partial charge in [0.05, 0.1) is 17.8 Å². The number of halogens is 1. The van der Waals surface area contributed by atoms with Crippen LogP contribution < -0.4 is 20.1 Å². The second-order valence-electron chi connectivity index (χ2n) is 6.93. The Kier molecular flexibility index (Phi) is 7.04. The fraction of sp³-hybridized carbons (Fsp3) is 0.0833. The number of aromatic nitrogens is 2. The molecule has 0 saturated heterocycles. The summed E-state index contributed by atoms with van der Waals surface area (Å²) in [5.74, 6) is 0.0584. The summed E-state index contributed by atoms with van der Waals surface area (Å²) in [5.41, 5.74) is 2.05. The molecule has 1 heterocycles. The van der Waals surface area contributed by atoms with Gasteiger partial charge in [0, 0.05) is 16.8 Å². The van der Waals surface area contributed by atoms with Crippen LogP contribution in [0.25, 0.3) is 11.4 Å². The van der Waals surface area contributed by atoms with E-state index in [1.165, 1.54) is 7.11 Å². The number of benzene rings is 3. The van der Waals surface area contributed by atoms with Gasteiger partial charge in [-0.2, -0.15) is 4.98 Å². The number of anilines is 2. The van der Waals surface area contributed by atoms with Crippen LogP contribution in [0.3, 0.4) is 0 Å². The van der Waals surface area contributed by atoms with Crippen LogP contribution in [0.4, 0.5) is 11.4 Å². The first kappa shape index (κ1) is 22.8. The van der Waals surface area contributed by atoms with Crippen molar-refractivity contribution in [1.82, 2.24) is 10.1 Å². The van der Waals surface area contributed by atoms with Crippen molar-refractivity contribution in [2.45, 2.75) is 0 Å². The molecule has 0 aliphatic heterocycles. The number of carbonyl (C=O) groups excluding carboxylic acids is 2. The molecule has 10 heteroatoms. The van der Waals surface area contributed by atoms with Crippen molar-refractivity contribution in [3.63, 3.8) is 0 Å². The molecule has 3 aromatic carbocycles. The topological polar surface area (TPSA) is 116 Å². The Morgan fingerprint density at radius 2 is 1.71 bits per heavy atom. The Labute approximate surface area is 199 Å². The number of methoxy groups -OCH3 is 1. The summed E-state index contributed by atoms with van der Waals surface area (Å²) in [4.78, 5) is 28.8. The number of hydrogen-bond donors (Lipinski definition) is 2. The molecule has 4 aromatic rings. The monoisotopic (exact) mass is 478 g/mol. The highest BCUT2D eigenvalue weighted by Gasteiger charge is 2.14. The van der Waals surface area contributed by atoms with E-state index in [4.69, 9.17) is 25.6 Å². The van der Waals surface area contributed by atoms with Crippen LogP contribution in [-0.2, 0) is 4.79 Å². The molecule has 0 radical (unpaired) electrons. The smallest absolute Gasteiger partial charge is 0.418 e. The standard InChI is InChI=1S/C24H19ClN4O5/c1-32-20-9-5-4-8-19(20)27-23(31)15-10-12-16(13-11-15)26-21(30)14-33-24-28-22(29-34-24)17-6-2-3-7-18(17)25/h2-13H,14H2,1H3,(H,26,30)(H,27,31). The Hall–Kier alpha value is -4.37. The first-order chi connectivity index (χ1) is 16.5. The van der Waals surface area contributed by atoms with Crippen LogP contribution in [0.1, 0.15) is 10.4 Å². The van der Waals surface area contributed by atoms with Gasteiger partial charge < -0.3 is 20.1 Å². The highest BCUT2D eigenvalue weighted by molar-refractivity contribution is 6.33. The Morgan fingerprint density at radius 3 is 2.47 bits per heavy atom. The van der Waals surface area contributed by atoms with E-state index in [0.717, 1.165) is 0 Å². The fourth-order valence-electron chi connectivity index (χ4n) is 2.99. The van der Waals surface area contributed by atoms with E-state index < -0.39 is 5.91 Å². The molecule has 0 aliphatic rings. The van der Waals surface area contributed by atoms with Crippen molar-refractivity contribution in [2.75, 3.05) is 24.4 Å². The minimum atomic E-state index is -0.441. The number of hydrogen-bond acceptors (Lipinski definition) is 7. The number of para-hydroxylation sites is 2. The second-order valence-corrected chi connectivity index (χ2v) is 7.34. The van der Waals surface area contributed by atoms with Crippen LogP contribution in [-0.4, -0.2) is 35.7 Å². The summed E-state index contributed by atoms with van der Waals surface area (Å²) in [5, 5.41) is 9.73. The van der Waals surface area contributed by atoms with E-state index in [1.807, 2.05) is 6.07 Å². The third-order valence-corrected chi connectivity index (χ3v) is 4.96. The van der Waals surface area contributed by atoms with Crippen LogP contribution in [0, 0.1) is 0 Å². The molecule has 0 spiro atoms. The number of ether oxygens (including phenoxy) is 2. The largest absolute Gasteiger partial charge is 0.495 e. The van der Waals surface area contributed by atoms with E-state index in [2.05, 4.69) is 20.8 Å². The van der Waals surface area contributed by atoms with Gasteiger partial charge in [0.1, 0.15) is 5.75 Å². The van der Waals surface area contributed by atoms with Crippen molar-refractivity contribution in [2.24, 2.45) is 0 Å². The first-order valence-corrected chi connectivity index (χ1v) is 10.5. The fourth-order valence-corrected chi connectivity index (χ4v) is 3.21. The summed E-state index contributed by atoms with van der Waals surface area (Å²) in [6, 6.07) is 20.5. The highest BCUT2D eigenvalue weighted by atomic mass is 35.5. The molecule has 9 nitrogen and oxygen atoms in total. The number of carbonyl (C=O) groups is 2. The lowest BCUT2D eigenvalue weighted by Gasteiger charge is -2.10. The zero-order valence-corrected chi connectivity index (χ0v) is 18.7. The maximum absolute atomic E-state index is 12.5. The molecular weight excluding hydrogens is 460 g/mol. The zero-order chi connectivity index (χ0) is 23.9. The molecule has 1 aromatic heterocycles. The van der Waals surface area contributed by atoms with E-state index in [0.29, 0.717) is 33.3 Å². The first-order valence-electron chi connectivity index (χ1n) is 10.1. The van der Waals surface area contributed by atoms with Crippen molar-refractivity contribution in [1.29, 1.82) is 0 Å². The number of rotatable bonds is 8. The van der Waals surface area contributed by atoms with Crippen LogP contribution in [0.2, 0.25) is 5.02 Å². The normalized spacial score (nSPS) is 10.4. The molecule has 34 heavy (non-hydrogen) atoms. The molecule has 2 amide bonds. The van der Waals surface area contributed by atoms with Crippen molar-refractivity contribution >= 4 is 34.8 Å². The lowest BCUT2D eigenvalue weighted by Crippen LogP contribution is -2.20. The lowest BCUT2D eigenvalue weighted by molar-refractivity contribution is -0.118. The van der Waals surface area contributed by atoms with Gasteiger partial charge in [-0.1, -0.05) is 41.0 Å². The Morgan fingerprint density at radius 1 is 0.971 bits per heavy atom. The number of nitrogens with zero attached hydrogens (tertiary/aromatic N) is 2. The number of nitrogens with one attached hydrogen (secondary N) is 2. The molecule has 172 valence electrons. The van der Waals surface area contributed by atoms with Gasteiger partial charge >= 0.3 is 6.08 Å². The van der Waals surface area contributed by atoms with Crippen molar-refractivity contribution in [3.8, 4) is 23.2 Å². The van der Waals surface area contributed by atoms with Crippen LogP contribution in [0.5, 0.6) is 11.8 Å². The van der Waals surface area contributed by atoms with Gasteiger partial charge in [0.15, 0.2) is 6.61 Å². The summed E-state index contributed by atoms with van der Waals surface area (Å²) in [7, 11) is 1.53. The molecular formula is C24H19ClN4O5. The number of amides is 2. The van der Waals surface area contributed by atoms with Crippen molar-refractivity contribution in [3.05, 3.63) is 83.4 Å². The second kappa shape index (κ2) is 10.5. The molecule has 2 N–H and O–H groups in total. The summed E-state index contributed by atoms with van der Waals surface area (Å²) in [6.45, 7) is -0.347. The quantitative estimate of drug-likeness (QED) is 0.378. The van der Waals surface area contributed by atoms with Crippen LogP contribution >= 0.6 is 11.6 Å². The highest BCUT2D eigenvalue weighted by Crippen LogP contribution is 2.26. The van der Waals surface area contributed by atoms with E-state index in [1.54, 1.807) is 66.7 Å². The predicted octanol–water partition coefficient (Wildman–Crippen LogP) is 4.67. The SMILES string of the molecule is COc1ccccc1NC(=O)c1ccc(NC(=O)COc2nc(-c3ccccc3Cl)no2)cc1. The molecule has 0 atom stereocenters. The molecule has 0 bridgehead atoms. The van der Waals surface area contributed by atoms with Crippen LogP contribution in [0.15, 0.2) is 77.3 Å². The van der Waals surface area contributed by atoms with Gasteiger partial charge in [0.2, 0.25) is 5.82 Å². The predicted molar refractivity (Wildman–Crippen MR) is 126 cm³/mol. The molecule has 0 saturated carbocycles. The molecule has 0 aliphatic carbocycles. The van der Waals surface area contributed by atoms with Gasteiger partial charge in [-0.05, 0) is 48.5 Å². The Bertz CT molecular complexity index is 1310. The lowest BCUT2D eigenvalue weighted by atomic mass is 10.2. The van der Waals surface area contributed by atoms with E-state index in [-0.39, 0.29) is 24.4 Å². The molecule has 4 rings (SSSR count). The van der Waals surface area contributed by atoms with E-state index >= 15 is 0 Å². The van der Waals surface area contributed by atoms with Gasteiger partial charge in [-0.25, -0.2) is 0 Å². The summed E-state index contributed by atoms with van der Waals surface area (Å²) in [6.07, 6.45) is -0.159. The van der Waals surface area contributed by atoms with Gasteiger partial charge in [0.25, 0.3) is 11.8 Å². The van der Waals surface area contributed by atoms with E-state index in [9.17, 15) is 9.59 Å². The average Bonchev–Trinajstić information content (AvgIpc) is 3.32. The Balaban J connectivity index is 1.30. The van der Waals surface area contributed by atoms with Gasteiger partial charge in [-0.15, -0.1) is 0 Å².